The second-order valence-electron chi connectivity index (χ2n) is 8.14. The molecule has 0 radical (unpaired) electrons. The van der Waals surface area contributed by atoms with Gasteiger partial charge in [-0.1, -0.05) is 77.1 Å². The third kappa shape index (κ3) is 18.1. The second kappa shape index (κ2) is 10.8. The van der Waals surface area contributed by atoms with E-state index in [1.165, 1.54) is 63.8 Å². The molecule has 0 aromatic heterocycles. The maximum Gasteiger partial charge on any atom is 0.0779 e. The van der Waals surface area contributed by atoms with Crippen LogP contribution in [0.4, 0.5) is 0 Å². The maximum atomic E-state index is 11.4. The second-order valence-corrected chi connectivity index (χ2v) is 13.8. The molecule has 122 valence electrons. The minimum absolute atomic E-state index is 0.128. The Morgan fingerprint density at radius 1 is 0.650 bits per heavy atom. The summed E-state index contributed by atoms with van der Waals surface area (Å²) in [5.41, 5.74) is 0. The van der Waals surface area contributed by atoms with E-state index in [4.69, 9.17) is 0 Å². The summed E-state index contributed by atoms with van der Waals surface area (Å²) in [5, 5.41) is 11.4. The molecular formula is C17H39NOSi. The highest BCUT2D eigenvalue weighted by molar-refractivity contribution is 6.76. The van der Waals surface area contributed by atoms with Crippen LogP contribution in [0.15, 0.2) is 0 Å². The average Bonchev–Trinajstić information content (AvgIpc) is 2.27. The van der Waals surface area contributed by atoms with E-state index in [-0.39, 0.29) is 4.65 Å². The van der Waals surface area contributed by atoms with Crippen molar-refractivity contribution >= 4 is 8.07 Å². The van der Waals surface area contributed by atoms with Crippen molar-refractivity contribution in [3.8, 4) is 0 Å². The predicted molar refractivity (Wildman–Crippen MR) is 94.7 cm³/mol. The lowest BCUT2D eigenvalue weighted by atomic mass is 10.1. The lowest BCUT2D eigenvalue weighted by Gasteiger charge is -2.33. The molecule has 0 unspecified atom stereocenters. The summed E-state index contributed by atoms with van der Waals surface area (Å²) in [5.74, 6) is 0. The fourth-order valence-corrected chi connectivity index (χ4v) is 3.87. The first-order chi connectivity index (χ1) is 9.21. The quantitative estimate of drug-likeness (QED) is 0.182. The zero-order valence-electron chi connectivity index (χ0n) is 14.8. The first-order valence-electron chi connectivity index (χ1n) is 8.75. The van der Waals surface area contributed by atoms with Gasteiger partial charge in [0.1, 0.15) is 0 Å². The highest BCUT2D eigenvalue weighted by atomic mass is 28.3. The Balaban J connectivity index is 3.10. The topological polar surface area (TPSA) is 23.1 Å². The van der Waals surface area contributed by atoms with Gasteiger partial charge >= 0.3 is 0 Å². The Labute approximate surface area is 129 Å². The fraction of sp³-hybridized carbons (Fsp3) is 1.00. The number of hydroxylamine groups is 3. The number of rotatable bonds is 13. The summed E-state index contributed by atoms with van der Waals surface area (Å²) < 4.78 is -0.128. The molecule has 0 amide bonds. The van der Waals surface area contributed by atoms with Crippen LogP contribution < -0.4 is 0 Å². The first kappa shape index (κ1) is 20.1. The molecule has 0 spiro atoms. The molecule has 0 aliphatic carbocycles. The summed E-state index contributed by atoms with van der Waals surface area (Å²) in [6.07, 6.45) is 13.6. The van der Waals surface area contributed by atoms with Crippen molar-refractivity contribution < 1.29 is 4.65 Å². The summed E-state index contributed by atoms with van der Waals surface area (Å²) in [7, 11) is 2.69. The average molecular weight is 302 g/mol. The van der Waals surface area contributed by atoms with Crippen LogP contribution >= 0.6 is 0 Å². The van der Waals surface area contributed by atoms with Crippen LogP contribution in [0, 0.1) is 5.21 Å². The van der Waals surface area contributed by atoms with Crippen molar-refractivity contribution in [3.05, 3.63) is 5.21 Å². The van der Waals surface area contributed by atoms with Crippen molar-refractivity contribution in [3.63, 3.8) is 0 Å². The summed E-state index contributed by atoms with van der Waals surface area (Å²) in [6, 6.07) is 1.50. The lowest BCUT2D eigenvalue weighted by Crippen LogP contribution is -2.32. The van der Waals surface area contributed by atoms with Gasteiger partial charge in [-0.3, -0.25) is 0 Å². The number of nitrogens with zero attached hydrogens (tertiary/aromatic N) is 1. The van der Waals surface area contributed by atoms with Crippen molar-refractivity contribution in [2.75, 3.05) is 20.6 Å². The van der Waals surface area contributed by atoms with Gasteiger partial charge in [0.2, 0.25) is 0 Å². The maximum absolute atomic E-state index is 11.4. The van der Waals surface area contributed by atoms with Gasteiger partial charge in [-0.25, -0.2) is 0 Å². The fourth-order valence-electron chi connectivity index (χ4n) is 2.56. The highest BCUT2D eigenvalue weighted by Gasteiger charge is 2.11. The molecule has 0 fully saturated rings. The molecule has 0 aliphatic heterocycles. The number of unbranched alkanes of at least 4 members (excludes halogenated alkanes) is 9. The smallest absolute Gasteiger partial charge is 0.0779 e. The molecule has 0 atom stereocenters. The van der Waals surface area contributed by atoms with E-state index < -0.39 is 8.07 Å². The molecule has 0 aromatic carbocycles. The van der Waals surface area contributed by atoms with Crippen LogP contribution in [0.5, 0.6) is 0 Å². The molecule has 0 N–H and O–H groups in total. The molecule has 0 rings (SSSR count). The summed E-state index contributed by atoms with van der Waals surface area (Å²) in [4.78, 5) is 0. The van der Waals surface area contributed by atoms with Crippen LogP contribution in [-0.2, 0) is 0 Å². The minimum Gasteiger partial charge on any atom is -0.633 e. The van der Waals surface area contributed by atoms with E-state index >= 15 is 0 Å². The molecule has 2 nitrogen and oxygen atoms in total. The summed E-state index contributed by atoms with van der Waals surface area (Å²) >= 11 is 0. The third-order valence-electron chi connectivity index (χ3n) is 3.87. The Morgan fingerprint density at radius 3 is 1.35 bits per heavy atom. The van der Waals surface area contributed by atoms with E-state index in [1.54, 1.807) is 14.1 Å². The predicted octanol–water partition coefficient (Wildman–Crippen LogP) is 5.80. The number of hydrogen-bond acceptors (Lipinski definition) is 1. The number of quaternary nitrogens is 1. The molecule has 3 heteroatoms. The zero-order chi connectivity index (χ0) is 15.5. The molecule has 0 saturated carbocycles. The first-order valence-corrected chi connectivity index (χ1v) is 12.5. The summed E-state index contributed by atoms with van der Waals surface area (Å²) in [6.45, 7) is 8.19. The Kier molecular flexibility index (Phi) is 10.9. The van der Waals surface area contributed by atoms with Gasteiger partial charge in [-0.2, -0.15) is 0 Å². The van der Waals surface area contributed by atoms with Crippen molar-refractivity contribution in [2.24, 2.45) is 0 Å². The van der Waals surface area contributed by atoms with Crippen molar-refractivity contribution in [1.82, 2.24) is 0 Å². The van der Waals surface area contributed by atoms with Crippen LogP contribution in [-0.4, -0.2) is 33.4 Å². The molecule has 20 heavy (non-hydrogen) atoms. The van der Waals surface area contributed by atoms with Crippen molar-refractivity contribution in [2.45, 2.75) is 89.9 Å². The van der Waals surface area contributed by atoms with Gasteiger partial charge in [0.05, 0.1) is 20.6 Å². The Morgan fingerprint density at radius 2 is 1.00 bits per heavy atom. The normalized spacial score (nSPS) is 12.9. The van der Waals surface area contributed by atoms with E-state index in [0.29, 0.717) is 0 Å². The SMILES string of the molecule is C[N+](C)([O-])CCCCCCCCCCCC[Si](C)(C)C. The standard InChI is InChI=1S/C17H39NOSi/c1-18(2,19)16-14-12-10-8-6-7-9-11-13-15-17-20(3,4)5/h6-17H2,1-5H3. The largest absolute Gasteiger partial charge is 0.633 e. The van der Waals surface area contributed by atoms with Gasteiger partial charge in [0.25, 0.3) is 0 Å². The molecule has 0 bridgehead atoms. The Hall–Kier alpha value is 0.137. The van der Waals surface area contributed by atoms with Gasteiger partial charge in [0.15, 0.2) is 0 Å². The van der Waals surface area contributed by atoms with Crippen LogP contribution in [0.3, 0.4) is 0 Å². The molecule has 0 aromatic rings. The lowest BCUT2D eigenvalue weighted by molar-refractivity contribution is -0.840. The van der Waals surface area contributed by atoms with Gasteiger partial charge in [0, 0.05) is 8.07 Å². The molecule has 0 heterocycles. The molecule has 0 aliphatic rings. The third-order valence-corrected chi connectivity index (χ3v) is 5.73. The zero-order valence-corrected chi connectivity index (χ0v) is 15.8. The molecule has 0 saturated heterocycles. The monoisotopic (exact) mass is 301 g/mol. The van der Waals surface area contributed by atoms with Crippen LogP contribution in [0.2, 0.25) is 25.7 Å². The van der Waals surface area contributed by atoms with Gasteiger partial charge < -0.3 is 9.85 Å². The molecular weight excluding hydrogens is 262 g/mol. The van der Waals surface area contributed by atoms with Crippen LogP contribution in [0.25, 0.3) is 0 Å². The van der Waals surface area contributed by atoms with Crippen molar-refractivity contribution in [1.29, 1.82) is 0 Å². The number of hydrogen-bond donors (Lipinski definition) is 0. The van der Waals surface area contributed by atoms with E-state index in [0.717, 1.165) is 13.0 Å². The van der Waals surface area contributed by atoms with Crippen LogP contribution in [0.1, 0.15) is 64.2 Å². The van der Waals surface area contributed by atoms with E-state index in [9.17, 15) is 5.21 Å². The minimum atomic E-state index is -0.788. The Bertz CT molecular complexity index is 194. The van der Waals surface area contributed by atoms with Gasteiger partial charge in [-0.05, 0) is 12.8 Å². The van der Waals surface area contributed by atoms with Gasteiger partial charge in [-0.15, -0.1) is 0 Å². The van der Waals surface area contributed by atoms with E-state index in [2.05, 4.69) is 19.6 Å². The highest BCUT2D eigenvalue weighted by Crippen LogP contribution is 2.16. The van der Waals surface area contributed by atoms with E-state index in [1.807, 2.05) is 0 Å².